The fourth-order valence-electron chi connectivity index (χ4n) is 2.91. The molecule has 0 saturated carbocycles. The maximum absolute atomic E-state index is 12.5. The van der Waals surface area contributed by atoms with Crippen molar-refractivity contribution in [3.63, 3.8) is 0 Å². The van der Waals surface area contributed by atoms with E-state index in [9.17, 15) is 24.3 Å². The predicted molar refractivity (Wildman–Crippen MR) is 114 cm³/mol. The van der Waals surface area contributed by atoms with Crippen molar-refractivity contribution < 1.29 is 37.8 Å². The molecule has 0 aliphatic heterocycles. The number of carbonyl (C=O) groups excluding carboxylic acids is 1. The van der Waals surface area contributed by atoms with E-state index in [4.69, 9.17) is 13.6 Å². The van der Waals surface area contributed by atoms with E-state index in [1.54, 1.807) is 27.7 Å². The number of nitrogens with one attached hydrogen (secondary N) is 1. The van der Waals surface area contributed by atoms with Crippen molar-refractivity contribution in [3.8, 4) is 34.2 Å². The number of hydrogen-bond acceptors (Lipinski definition) is 9. The third kappa shape index (κ3) is 5.58. The van der Waals surface area contributed by atoms with Gasteiger partial charge in [-0.1, -0.05) is 24.2 Å². The van der Waals surface area contributed by atoms with E-state index in [2.05, 4.69) is 20.6 Å². The van der Waals surface area contributed by atoms with Gasteiger partial charge in [0.25, 0.3) is 5.91 Å². The molecule has 3 aromatic rings. The van der Waals surface area contributed by atoms with Crippen LogP contribution in [0.5, 0.6) is 11.5 Å². The van der Waals surface area contributed by atoms with Gasteiger partial charge in [0.15, 0.2) is 11.5 Å². The molecule has 4 N–H and O–H groups in total. The molecule has 12 nitrogen and oxygen atoms in total. The molecule has 32 heavy (non-hydrogen) atoms. The average Bonchev–Trinajstić information content (AvgIpc) is 3.26. The summed E-state index contributed by atoms with van der Waals surface area (Å²) in [6.07, 6.45) is 0. The van der Waals surface area contributed by atoms with Gasteiger partial charge in [-0.2, -0.15) is 4.98 Å². The molecular formula is C18H22N4NaO8P. The number of benzene rings is 1. The molecule has 1 aromatic carbocycles. The average molecular weight is 476 g/mol. The Morgan fingerprint density at radius 1 is 1.25 bits per heavy atom. The monoisotopic (exact) mass is 476 g/mol. The van der Waals surface area contributed by atoms with Crippen LogP contribution in [0.4, 0.5) is 0 Å². The number of phenolic OH excluding ortho intramolecular Hbond substituents is 1. The fourth-order valence-corrected chi connectivity index (χ4v) is 3.32. The van der Waals surface area contributed by atoms with Crippen LogP contribution in [0.2, 0.25) is 0 Å². The molecule has 168 valence electrons. The van der Waals surface area contributed by atoms with Crippen molar-refractivity contribution in [2.75, 3.05) is 6.54 Å². The first-order valence-corrected chi connectivity index (χ1v) is 10.8. The number of nitrogens with zero attached hydrogens (tertiary/aromatic N) is 3. The maximum atomic E-state index is 12.5. The van der Waals surface area contributed by atoms with Crippen molar-refractivity contribution >= 4 is 43.3 Å². The standard InChI is InChI=1S/C18H21N4O8P.Na.H/c1-5-19-18(24)15-14(17-20-9(4)28-22-17)16(29-21-15)11-6-10(8(2)3)13(7-12(11)23)30-31(25,26)27;;/h6-8,23H,5H2,1-4H3,(H,19,24)(H2,25,26,27);;. The molecule has 0 saturated heterocycles. The summed E-state index contributed by atoms with van der Waals surface area (Å²) in [5.41, 5.74) is 0.458. The molecule has 0 fully saturated rings. The summed E-state index contributed by atoms with van der Waals surface area (Å²) in [7, 11) is -4.86. The van der Waals surface area contributed by atoms with Crippen molar-refractivity contribution in [2.24, 2.45) is 0 Å². The van der Waals surface area contributed by atoms with E-state index >= 15 is 0 Å². The van der Waals surface area contributed by atoms with E-state index in [0.717, 1.165) is 6.07 Å². The number of phosphoric ester groups is 1. The molecule has 0 aliphatic carbocycles. The Balaban J connectivity index is 0.00000363. The first-order chi connectivity index (χ1) is 14.5. The van der Waals surface area contributed by atoms with Crippen LogP contribution in [-0.2, 0) is 4.57 Å². The van der Waals surface area contributed by atoms with Gasteiger partial charge in [-0.25, -0.2) is 4.57 Å². The minimum atomic E-state index is -4.86. The zero-order chi connectivity index (χ0) is 22.9. The molecule has 0 spiro atoms. The second-order valence-corrected chi connectivity index (χ2v) is 8.04. The third-order valence-electron chi connectivity index (χ3n) is 4.21. The zero-order valence-electron chi connectivity index (χ0n) is 17.1. The molecule has 0 atom stereocenters. The van der Waals surface area contributed by atoms with Crippen LogP contribution < -0.4 is 9.84 Å². The van der Waals surface area contributed by atoms with Gasteiger partial charge >= 0.3 is 37.4 Å². The normalized spacial score (nSPS) is 11.3. The van der Waals surface area contributed by atoms with Gasteiger partial charge in [0.2, 0.25) is 11.7 Å². The number of amides is 1. The first-order valence-electron chi connectivity index (χ1n) is 9.22. The number of aromatic nitrogens is 3. The summed E-state index contributed by atoms with van der Waals surface area (Å²) >= 11 is 0. The van der Waals surface area contributed by atoms with Crippen LogP contribution in [0.1, 0.15) is 48.6 Å². The van der Waals surface area contributed by atoms with Crippen molar-refractivity contribution in [1.82, 2.24) is 20.6 Å². The quantitative estimate of drug-likeness (QED) is 0.289. The van der Waals surface area contributed by atoms with Gasteiger partial charge in [-0.15, -0.1) is 0 Å². The molecule has 14 heteroatoms. The van der Waals surface area contributed by atoms with E-state index in [-0.39, 0.29) is 75.5 Å². The first kappa shape index (κ1) is 26.0. The zero-order valence-corrected chi connectivity index (χ0v) is 18.0. The summed E-state index contributed by atoms with van der Waals surface area (Å²) in [6.45, 7) is 7.18. The van der Waals surface area contributed by atoms with Crippen molar-refractivity contribution in [1.29, 1.82) is 0 Å². The molecule has 0 radical (unpaired) electrons. The topological polar surface area (TPSA) is 181 Å². The fraction of sp³-hybridized carbons (Fsp3) is 0.333. The minimum absolute atomic E-state index is 0. The number of aromatic hydroxyl groups is 1. The van der Waals surface area contributed by atoms with Gasteiger partial charge in [0.05, 0.1) is 5.56 Å². The predicted octanol–water partition coefficient (Wildman–Crippen LogP) is 2.10. The van der Waals surface area contributed by atoms with Crippen molar-refractivity contribution in [2.45, 2.75) is 33.6 Å². The third-order valence-corrected chi connectivity index (χ3v) is 4.64. The SMILES string of the molecule is CCNC(=O)c1noc(-c2cc(C(C)C)c(OP(=O)(O)O)cc2O)c1-c1noc(C)n1.[NaH]. The molecular weight excluding hydrogens is 454 g/mol. The number of phenols is 1. The Kier molecular flexibility index (Phi) is 8.27. The van der Waals surface area contributed by atoms with Crippen LogP contribution in [0.3, 0.4) is 0 Å². The van der Waals surface area contributed by atoms with Crippen LogP contribution in [0.15, 0.2) is 21.2 Å². The van der Waals surface area contributed by atoms with Gasteiger partial charge in [0, 0.05) is 19.5 Å². The molecule has 2 heterocycles. The van der Waals surface area contributed by atoms with E-state index in [0.29, 0.717) is 12.1 Å². The van der Waals surface area contributed by atoms with E-state index in [1.165, 1.54) is 6.07 Å². The second kappa shape index (κ2) is 10.2. The Hall–Kier alpha value is -2.21. The van der Waals surface area contributed by atoms with Gasteiger partial charge in [0.1, 0.15) is 17.1 Å². The molecule has 2 aromatic heterocycles. The van der Waals surface area contributed by atoms with Crippen LogP contribution >= 0.6 is 7.82 Å². The van der Waals surface area contributed by atoms with Crippen molar-refractivity contribution in [3.05, 3.63) is 29.3 Å². The van der Waals surface area contributed by atoms with E-state index < -0.39 is 19.5 Å². The number of hydrogen-bond donors (Lipinski definition) is 4. The second-order valence-electron chi connectivity index (χ2n) is 6.88. The Morgan fingerprint density at radius 3 is 2.47 bits per heavy atom. The Morgan fingerprint density at radius 2 is 1.94 bits per heavy atom. The summed E-state index contributed by atoms with van der Waals surface area (Å²) < 4.78 is 26.4. The van der Waals surface area contributed by atoms with Crippen LogP contribution in [0, 0.1) is 6.92 Å². The number of rotatable bonds is 7. The summed E-state index contributed by atoms with van der Waals surface area (Å²) in [5, 5.41) is 20.8. The summed E-state index contributed by atoms with van der Waals surface area (Å²) in [6, 6.07) is 2.49. The summed E-state index contributed by atoms with van der Waals surface area (Å²) in [4.78, 5) is 34.9. The Labute approximate surface area is 204 Å². The van der Waals surface area contributed by atoms with Crippen LogP contribution in [-0.4, -0.2) is 72.2 Å². The number of carbonyl (C=O) groups is 1. The van der Waals surface area contributed by atoms with E-state index in [1.807, 2.05) is 0 Å². The van der Waals surface area contributed by atoms with Crippen LogP contribution in [0.25, 0.3) is 22.7 Å². The van der Waals surface area contributed by atoms with Gasteiger partial charge < -0.3 is 24.0 Å². The molecule has 0 aliphatic rings. The van der Waals surface area contributed by atoms with Gasteiger partial charge in [-0.05, 0) is 24.5 Å². The molecule has 1 amide bonds. The number of phosphoric acid groups is 1. The molecule has 3 rings (SSSR count). The van der Waals surface area contributed by atoms with Gasteiger partial charge in [-0.3, -0.25) is 14.6 Å². The summed E-state index contributed by atoms with van der Waals surface area (Å²) in [5.74, 6) is -1.16. The molecule has 0 unspecified atom stereocenters. The molecule has 0 bridgehead atoms. The number of aryl methyl sites for hydroxylation is 1. The Bertz CT molecular complexity index is 1170.